The molecule has 0 saturated carbocycles. The average Bonchev–Trinajstić information content (AvgIpc) is 2.49. The average molecular weight is 305 g/mol. The maximum absolute atomic E-state index is 6.10. The van der Waals surface area contributed by atoms with E-state index in [-0.39, 0.29) is 0 Å². The van der Waals surface area contributed by atoms with Gasteiger partial charge in [0.25, 0.3) is 0 Å². The third-order valence-electron chi connectivity index (χ3n) is 3.40. The molecule has 21 heavy (non-hydrogen) atoms. The number of nitrogens with one attached hydrogen (secondary N) is 1. The van der Waals surface area contributed by atoms with E-state index < -0.39 is 0 Å². The summed E-state index contributed by atoms with van der Waals surface area (Å²) in [5.74, 6) is 0.891. The van der Waals surface area contributed by atoms with E-state index in [1.165, 1.54) is 5.56 Å². The molecule has 0 saturated heterocycles. The van der Waals surface area contributed by atoms with Crippen molar-refractivity contribution in [1.29, 1.82) is 0 Å². The second-order valence-corrected chi connectivity index (χ2v) is 5.64. The fraction of sp³-hybridized carbons (Fsp3) is 0.353. The molecule has 1 atom stereocenters. The van der Waals surface area contributed by atoms with Crippen LogP contribution in [0.5, 0.6) is 5.75 Å². The van der Waals surface area contributed by atoms with Crippen molar-refractivity contribution in [3.05, 3.63) is 52.8 Å². The topological polar surface area (TPSA) is 34.1 Å². The van der Waals surface area contributed by atoms with Crippen molar-refractivity contribution in [1.82, 2.24) is 4.98 Å². The Hall–Kier alpha value is -1.74. The highest BCUT2D eigenvalue weighted by atomic mass is 35.5. The van der Waals surface area contributed by atoms with Crippen LogP contribution in [-0.2, 0) is 6.42 Å². The van der Waals surface area contributed by atoms with E-state index >= 15 is 0 Å². The van der Waals surface area contributed by atoms with E-state index in [0.29, 0.717) is 11.2 Å². The van der Waals surface area contributed by atoms with Crippen LogP contribution in [0, 0.1) is 6.92 Å². The summed E-state index contributed by atoms with van der Waals surface area (Å²) in [7, 11) is 1.68. The van der Waals surface area contributed by atoms with Gasteiger partial charge in [-0.25, -0.2) is 4.98 Å². The molecule has 0 radical (unpaired) electrons. The molecule has 0 aliphatic carbocycles. The molecule has 3 nitrogen and oxygen atoms in total. The second kappa shape index (κ2) is 7.32. The minimum atomic E-state index is 0.327. The number of hydrogen-bond donors (Lipinski definition) is 1. The van der Waals surface area contributed by atoms with Gasteiger partial charge in [0.15, 0.2) is 5.15 Å². The molecular weight excluding hydrogens is 284 g/mol. The van der Waals surface area contributed by atoms with Crippen molar-refractivity contribution in [2.24, 2.45) is 0 Å². The summed E-state index contributed by atoms with van der Waals surface area (Å²) in [5.41, 5.74) is 3.31. The molecule has 1 heterocycles. The number of benzene rings is 1. The Balaban J connectivity index is 1.89. The van der Waals surface area contributed by atoms with Crippen molar-refractivity contribution in [3.63, 3.8) is 0 Å². The van der Waals surface area contributed by atoms with Gasteiger partial charge in [-0.1, -0.05) is 23.7 Å². The Morgan fingerprint density at radius 1 is 1.29 bits per heavy atom. The number of pyridine rings is 1. The Kier molecular flexibility index (Phi) is 5.45. The summed E-state index contributed by atoms with van der Waals surface area (Å²) in [4.78, 5) is 4.16. The van der Waals surface area contributed by atoms with Crippen LogP contribution in [0.15, 0.2) is 36.5 Å². The maximum atomic E-state index is 6.10. The Morgan fingerprint density at radius 2 is 2.00 bits per heavy atom. The predicted octanol–water partition coefficient (Wildman–Crippen LogP) is 4.49. The highest BCUT2D eigenvalue weighted by Gasteiger charge is 2.07. The zero-order chi connectivity index (χ0) is 15.2. The smallest absolute Gasteiger partial charge is 0.152 e. The van der Waals surface area contributed by atoms with Crippen LogP contribution in [0.25, 0.3) is 0 Å². The van der Waals surface area contributed by atoms with Gasteiger partial charge in [0.05, 0.1) is 12.8 Å². The number of hydrogen-bond acceptors (Lipinski definition) is 3. The first-order valence-electron chi connectivity index (χ1n) is 7.10. The Morgan fingerprint density at radius 3 is 2.67 bits per heavy atom. The summed E-state index contributed by atoms with van der Waals surface area (Å²) in [6.07, 6.45) is 3.81. The molecule has 1 aromatic heterocycles. The van der Waals surface area contributed by atoms with Gasteiger partial charge in [-0.05, 0) is 56.0 Å². The van der Waals surface area contributed by atoms with Gasteiger partial charge in [-0.3, -0.25) is 0 Å². The third kappa shape index (κ3) is 4.64. The van der Waals surface area contributed by atoms with Gasteiger partial charge in [0.1, 0.15) is 5.75 Å². The second-order valence-electron chi connectivity index (χ2n) is 5.28. The van der Waals surface area contributed by atoms with Gasteiger partial charge in [0.2, 0.25) is 0 Å². The SMILES string of the molecule is COc1ccc(CCC(C)Nc2cc(C)cnc2Cl)cc1. The normalized spacial score (nSPS) is 12.0. The van der Waals surface area contributed by atoms with Gasteiger partial charge in [-0.15, -0.1) is 0 Å². The number of methoxy groups -OCH3 is 1. The Labute approximate surface area is 131 Å². The quantitative estimate of drug-likeness (QED) is 0.799. The highest BCUT2D eigenvalue weighted by Crippen LogP contribution is 2.21. The largest absolute Gasteiger partial charge is 0.497 e. The molecule has 4 heteroatoms. The fourth-order valence-corrected chi connectivity index (χ4v) is 2.32. The first-order valence-corrected chi connectivity index (χ1v) is 7.48. The Bertz CT molecular complexity index is 584. The highest BCUT2D eigenvalue weighted by molar-refractivity contribution is 6.31. The summed E-state index contributed by atoms with van der Waals surface area (Å²) < 4.78 is 5.16. The molecule has 2 rings (SSSR count). The third-order valence-corrected chi connectivity index (χ3v) is 3.70. The maximum Gasteiger partial charge on any atom is 0.152 e. The van der Waals surface area contributed by atoms with Gasteiger partial charge in [0, 0.05) is 12.2 Å². The van der Waals surface area contributed by atoms with Crippen LogP contribution in [0.4, 0.5) is 5.69 Å². The van der Waals surface area contributed by atoms with Crippen LogP contribution in [0.2, 0.25) is 5.15 Å². The molecule has 0 fully saturated rings. The van der Waals surface area contributed by atoms with Crippen LogP contribution < -0.4 is 10.1 Å². The van der Waals surface area contributed by atoms with Gasteiger partial charge in [-0.2, -0.15) is 0 Å². The molecule has 1 N–H and O–H groups in total. The molecular formula is C17H21ClN2O. The first-order chi connectivity index (χ1) is 10.1. The molecule has 2 aromatic rings. The van der Waals surface area contributed by atoms with E-state index in [0.717, 1.165) is 29.8 Å². The lowest BCUT2D eigenvalue weighted by molar-refractivity contribution is 0.414. The number of anilines is 1. The van der Waals surface area contributed by atoms with Crippen molar-refractivity contribution in [3.8, 4) is 5.75 Å². The molecule has 0 bridgehead atoms. The lowest BCUT2D eigenvalue weighted by Gasteiger charge is -2.16. The molecule has 1 unspecified atom stereocenters. The van der Waals surface area contributed by atoms with Gasteiger partial charge >= 0.3 is 0 Å². The van der Waals surface area contributed by atoms with Crippen LogP contribution in [-0.4, -0.2) is 18.1 Å². The summed E-state index contributed by atoms with van der Waals surface area (Å²) in [6, 6.07) is 10.6. The summed E-state index contributed by atoms with van der Waals surface area (Å²) in [6.45, 7) is 4.17. The van der Waals surface area contributed by atoms with Crippen molar-refractivity contribution < 1.29 is 4.74 Å². The summed E-state index contributed by atoms with van der Waals surface area (Å²) >= 11 is 6.10. The van der Waals surface area contributed by atoms with E-state index in [1.54, 1.807) is 13.3 Å². The molecule has 0 amide bonds. The number of aromatic nitrogens is 1. The lowest BCUT2D eigenvalue weighted by atomic mass is 10.1. The molecule has 1 aromatic carbocycles. The number of rotatable bonds is 6. The minimum Gasteiger partial charge on any atom is -0.497 e. The standard InChI is InChI=1S/C17H21ClN2O/c1-12-10-16(17(18)19-11-12)20-13(2)4-5-14-6-8-15(21-3)9-7-14/h6-11,13,20H,4-5H2,1-3H3. The van der Waals surface area contributed by atoms with E-state index in [4.69, 9.17) is 16.3 Å². The van der Waals surface area contributed by atoms with Crippen LogP contribution >= 0.6 is 11.6 Å². The monoisotopic (exact) mass is 304 g/mol. The van der Waals surface area contributed by atoms with Crippen LogP contribution in [0.1, 0.15) is 24.5 Å². The van der Waals surface area contributed by atoms with Gasteiger partial charge < -0.3 is 10.1 Å². The number of nitrogens with zero attached hydrogens (tertiary/aromatic N) is 1. The minimum absolute atomic E-state index is 0.327. The van der Waals surface area contributed by atoms with Crippen molar-refractivity contribution in [2.75, 3.05) is 12.4 Å². The van der Waals surface area contributed by atoms with E-state index in [1.807, 2.05) is 25.1 Å². The number of aryl methyl sites for hydroxylation is 2. The zero-order valence-electron chi connectivity index (χ0n) is 12.7. The molecule has 0 aliphatic heterocycles. The molecule has 112 valence electrons. The van der Waals surface area contributed by atoms with Crippen molar-refractivity contribution in [2.45, 2.75) is 32.7 Å². The lowest BCUT2D eigenvalue weighted by Crippen LogP contribution is -2.16. The molecule has 0 aliphatic rings. The number of ether oxygens (including phenoxy) is 1. The summed E-state index contributed by atoms with van der Waals surface area (Å²) in [5, 5.41) is 3.95. The number of halogens is 1. The first kappa shape index (κ1) is 15.6. The van der Waals surface area contributed by atoms with Crippen LogP contribution in [0.3, 0.4) is 0 Å². The fourth-order valence-electron chi connectivity index (χ4n) is 2.17. The predicted molar refractivity (Wildman–Crippen MR) is 88.4 cm³/mol. The van der Waals surface area contributed by atoms with E-state index in [2.05, 4.69) is 29.4 Å². The van der Waals surface area contributed by atoms with E-state index in [9.17, 15) is 0 Å². The zero-order valence-corrected chi connectivity index (χ0v) is 13.4. The van der Waals surface area contributed by atoms with Crippen molar-refractivity contribution >= 4 is 17.3 Å². The molecule has 0 spiro atoms.